The Kier molecular flexibility index (Phi) is 4.97. The fraction of sp³-hybridized carbons (Fsp3) is 0.450. The van der Waals surface area contributed by atoms with Gasteiger partial charge in [-0.1, -0.05) is 12.2 Å². The largest absolute Gasteiger partial charge is 0.463 e. The Morgan fingerprint density at radius 2 is 2.23 bits per heavy atom. The Labute approximate surface area is 152 Å². The van der Waals surface area contributed by atoms with Crippen molar-refractivity contribution in [3.05, 3.63) is 48.0 Å². The summed E-state index contributed by atoms with van der Waals surface area (Å²) in [6.07, 6.45) is 6.68. The van der Waals surface area contributed by atoms with Gasteiger partial charge in [-0.15, -0.1) is 6.58 Å². The van der Waals surface area contributed by atoms with Crippen LogP contribution in [0.3, 0.4) is 0 Å². The van der Waals surface area contributed by atoms with Gasteiger partial charge in [0.05, 0.1) is 19.2 Å². The summed E-state index contributed by atoms with van der Waals surface area (Å²) < 4.78 is 10.2. The monoisotopic (exact) mass is 351 g/mol. The zero-order valence-electron chi connectivity index (χ0n) is 14.7. The highest BCUT2D eigenvalue weighted by molar-refractivity contribution is 5.86. The maximum Gasteiger partial charge on any atom is 0.373 e. The van der Waals surface area contributed by atoms with Gasteiger partial charge in [0.15, 0.2) is 5.41 Å². The third-order valence-electron chi connectivity index (χ3n) is 5.27. The third kappa shape index (κ3) is 3.05. The van der Waals surface area contributed by atoms with E-state index in [1.54, 1.807) is 6.07 Å². The van der Waals surface area contributed by atoms with Crippen molar-refractivity contribution in [3.63, 3.8) is 0 Å². The van der Waals surface area contributed by atoms with Crippen molar-refractivity contribution in [1.82, 2.24) is 5.32 Å². The lowest BCUT2D eigenvalue weighted by molar-refractivity contribution is 0.0562. The fourth-order valence-electron chi connectivity index (χ4n) is 4.02. The van der Waals surface area contributed by atoms with Gasteiger partial charge in [-0.2, -0.15) is 10.5 Å². The van der Waals surface area contributed by atoms with Gasteiger partial charge in [0.2, 0.25) is 5.76 Å². The van der Waals surface area contributed by atoms with Crippen molar-refractivity contribution in [1.29, 1.82) is 10.5 Å². The first-order valence-electron chi connectivity index (χ1n) is 8.65. The number of nitriles is 2. The standard InChI is InChI=1S/C20H21N3O3/c1-3-4-15-16(9-13-5-7-17(15)23-13)20(11-21,12-22)10-14-6-8-18(26-14)19(24)25-2/h3,6,8-9,13,15,17,23H,1,4-5,7,10H2,2H3/t13-,15-,17+/m1/s1. The summed E-state index contributed by atoms with van der Waals surface area (Å²) in [4.78, 5) is 11.6. The second-order valence-electron chi connectivity index (χ2n) is 6.77. The van der Waals surface area contributed by atoms with Gasteiger partial charge in [-0.3, -0.25) is 0 Å². The molecule has 3 heterocycles. The van der Waals surface area contributed by atoms with E-state index in [0.29, 0.717) is 12.2 Å². The van der Waals surface area contributed by atoms with Crippen molar-refractivity contribution in [2.45, 2.75) is 37.8 Å². The minimum atomic E-state index is -1.33. The van der Waals surface area contributed by atoms with Crippen LogP contribution in [-0.2, 0) is 11.2 Å². The van der Waals surface area contributed by atoms with Gasteiger partial charge in [0, 0.05) is 24.4 Å². The smallest absolute Gasteiger partial charge is 0.373 e. The molecule has 0 saturated carbocycles. The molecule has 1 aromatic heterocycles. The van der Waals surface area contributed by atoms with E-state index in [1.807, 2.05) is 12.2 Å². The number of nitrogens with one attached hydrogen (secondary N) is 1. The zero-order chi connectivity index (χ0) is 18.7. The lowest BCUT2D eigenvalue weighted by Crippen LogP contribution is -2.44. The second kappa shape index (κ2) is 7.19. The summed E-state index contributed by atoms with van der Waals surface area (Å²) in [5.41, 5.74) is -0.494. The lowest BCUT2D eigenvalue weighted by Gasteiger charge is -2.36. The minimum Gasteiger partial charge on any atom is -0.463 e. The van der Waals surface area contributed by atoms with Gasteiger partial charge in [-0.05, 0) is 37.0 Å². The van der Waals surface area contributed by atoms with E-state index < -0.39 is 11.4 Å². The Bertz CT molecular complexity index is 810. The maximum absolute atomic E-state index is 11.6. The normalized spacial score (nSPS) is 24.3. The molecular weight excluding hydrogens is 330 g/mol. The third-order valence-corrected chi connectivity index (χ3v) is 5.27. The first-order chi connectivity index (χ1) is 12.6. The molecule has 0 aliphatic carbocycles. The predicted molar refractivity (Wildman–Crippen MR) is 93.7 cm³/mol. The molecule has 6 nitrogen and oxygen atoms in total. The SMILES string of the molecule is C=CC[C@@H]1C(C(C#N)(C#N)Cc2ccc(C(=O)OC)o2)=C[C@H]2CC[C@@H]1N2. The number of fused-ring (bicyclic) bond motifs is 2. The Morgan fingerprint density at radius 1 is 1.46 bits per heavy atom. The van der Waals surface area contributed by atoms with Crippen molar-refractivity contribution in [3.8, 4) is 12.1 Å². The molecule has 1 saturated heterocycles. The van der Waals surface area contributed by atoms with Crippen molar-refractivity contribution in [2.24, 2.45) is 11.3 Å². The molecular formula is C20H21N3O3. The van der Waals surface area contributed by atoms with Crippen LogP contribution >= 0.6 is 0 Å². The molecule has 134 valence electrons. The number of nitrogens with zero attached hydrogens (tertiary/aromatic N) is 2. The van der Waals surface area contributed by atoms with E-state index in [1.165, 1.54) is 13.2 Å². The Balaban J connectivity index is 1.96. The molecule has 0 amide bonds. The van der Waals surface area contributed by atoms with Gasteiger partial charge in [0.25, 0.3) is 0 Å². The van der Waals surface area contributed by atoms with Crippen LogP contribution in [0.5, 0.6) is 0 Å². The number of ether oxygens (including phenoxy) is 1. The van der Waals surface area contributed by atoms with E-state index in [2.05, 4.69) is 28.8 Å². The molecule has 1 N–H and O–H groups in total. The van der Waals surface area contributed by atoms with Crippen LogP contribution in [0.15, 0.2) is 40.9 Å². The molecule has 0 spiro atoms. The number of allylic oxidation sites excluding steroid dienone is 1. The Morgan fingerprint density at radius 3 is 2.88 bits per heavy atom. The van der Waals surface area contributed by atoms with Crippen LogP contribution in [0, 0.1) is 34.0 Å². The molecule has 2 aliphatic rings. The first kappa shape index (κ1) is 18.0. The summed E-state index contributed by atoms with van der Waals surface area (Å²) in [7, 11) is 1.27. The van der Waals surface area contributed by atoms with Crippen LogP contribution in [-0.4, -0.2) is 25.2 Å². The molecule has 0 radical (unpaired) electrons. The van der Waals surface area contributed by atoms with Gasteiger partial charge in [0.1, 0.15) is 5.76 Å². The van der Waals surface area contributed by atoms with Gasteiger partial charge < -0.3 is 14.5 Å². The molecule has 3 atom stereocenters. The highest BCUT2D eigenvalue weighted by Gasteiger charge is 2.46. The summed E-state index contributed by atoms with van der Waals surface area (Å²) in [6, 6.07) is 8.02. The maximum atomic E-state index is 11.6. The number of esters is 1. The molecule has 2 bridgehead atoms. The number of rotatable bonds is 6. The molecule has 0 unspecified atom stereocenters. The number of hydrogen-bond acceptors (Lipinski definition) is 6. The minimum absolute atomic E-state index is 0.0561. The number of carbonyl (C=O) groups excluding carboxylic acids is 1. The molecule has 3 rings (SSSR count). The molecule has 0 aromatic carbocycles. The summed E-state index contributed by atoms with van der Waals surface area (Å²) in [5.74, 6) is -0.0491. The predicted octanol–water partition coefficient (Wildman–Crippen LogP) is 2.90. The topological polar surface area (TPSA) is 99.1 Å². The summed E-state index contributed by atoms with van der Waals surface area (Å²) >= 11 is 0. The molecule has 26 heavy (non-hydrogen) atoms. The Hall–Kier alpha value is -2.83. The first-order valence-corrected chi connectivity index (χ1v) is 8.65. The van der Waals surface area contributed by atoms with E-state index >= 15 is 0 Å². The highest BCUT2D eigenvalue weighted by Crippen LogP contribution is 2.44. The number of carbonyl (C=O) groups is 1. The van der Waals surface area contributed by atoms with E-state index in [9.17, 15) is 15.3 Å². The summed E-state index contributed by atoms with van der Waals surface area (Å²) in [5, 5.41) is 23.4. The molecule has 2 aliphatic heterocycles. The number of methoxy groups -OCH3 is 1. The quantitative estimate of drug-likeness (QED) is 0.625. The van der Waals surface area contributed by atoms with Crippen molar-refractivity contribution in [2.75, 3.05) is 7.11 Å². The number of hydrogen-bond donors (Lipinski definition) is 1. The van der Waals surface area contributed by atoms with E-state index in [-0.39, 0.29) is 30.2 Å². The van der Waals surface area contributed by atoms with Gasteiger partial charge >= 0.3 is 5.97 Å². The lowest BCUT2D eigenvalue weighted by atomic mass is 9.69. The molecule has 1 fully saturated rings. The number of furan rings is 1. The van der Waals surface area contributed by atoms with E-state index in [4.69, 9.17) is 4.42 Å². The van der Waals surface area contributed by atoms with E-state index in [0.717, 1.165) is 18.4 Å². The van der Waals surface area contributed by atoms with Crippen LogP contribution in [0.25, 0.3) is 0 Å². The zero-order valence-corrected chi connectivity index (χ0v) is 14.7. The van der Waals surface area contributed by atoms with Crippen molar-refractivity contribution < 1.29 is 13.9 Å². The summed E-state index contributed by atoms with van der Waals surface area (Å²) in [6.45, 7) is 3.83. The van der Waals surface area contributed by atoms with Crippen LogP contribution in [0.4, 0.5) is 0 Å². The molecule has 1 aromatic rings. The van der Waals surface area contributed by atoms with Crippen molar-refractivity contribution >= 4 is 5.97 Å². The second-order valence-corrected chi connectivity index (χ2v) is 6.77. The average molecular weight is 351 g/mol. The van der Waals surface area contributed by atoms with Crippen LogP contribution in [0.2, 0.25) is 0 Å². The fourth-order valence-corrected chi connectivity index (χ4v) is 4.02. The van der Waals surface area contributed by atoms with Gasteiger partial charge in [-0.25, -0.2) is 4.79 Å². The molecule has 6 heteroatoms. The van der Waals surface area contributed by atoms with Crippen LogP contribution < -0.4 is 5.32 Å². The average Bonchev–Trinajstić information content (AvgIpc) is 3.29. The van der Waals surface area contributed by atoms with Crippen LogP contribution in [0.1, 0.15) is 35.6 Å². The highest BCUT2D eigenvalue weighted by atomic mass is 16.5.